The third-order valence-corrected chi connectivity index (χ3v) is 5.11. The molecule has 21 heavy (non-hydrogen) atoms. The lowest BCUT2D eigenvalue weighted by molar-refractivity contribution is 0.0213. The number of hydrogen-bond acceptors (Lipinski definition) is 4. The van der Waals surface area contributed by atoms with Crippen molar-refractivity contribution in [1.82, 2.24) is 9.62 Å². The zero-order valence-electron chi connectivity index (χ0n) is 11.7. The smallest absolute Gasteiger partial charge is 0.243 e. The zero-order chi connectivity index (χ0) is 15.5. The van der Waals surface area contributed by atoms with E-state index in [9.17, 15) is 12.8 Å². The van der Waals surface area contributed by atoms with Crippen molar-refractivity contribution in [3.05, 3.63) is 29.0 Å². The molecule has 0 aromatic heterocycles. The Morgan fingerprint density at radius 1 is 1.43 bits per heavy atom. The van der Waals surface area contributed by atoms with Crippen LogP contribution in [0.3, 0.4) is 0 Å². The Labute approximate surface area is 129 Å². The summed E-state index contributed by atoms with van der Waals surface area (Å²) >= 11 is 5.62. The molecule has 0 bridgehead atoms. The monoisotopic (exact) mass is 336 g/mol. The van der Waals surface area contributed by atoms with Crippen LogP contribution in [0.5, 0.6) is 0 Å². The molecular formula is C13H18ClFN2O3S. The molecule has 1 aliphatic heterocycles. The van der Waals surface area contributed by atoms with Gasteiger partial charge in [-0.3, -0.25) is 4.90 Å². The third-order valence-electron chi connectivity index (χ3n) is 3.42. The fraction of sp³-hybridized carbons (Fsp3) is 0.538. The Bertz CT molecular complexity index is 591. The molecule has 8 heteroatoms. The highest BCUT2D eigenvalue weighted by molar-refractivity contribution is 7.89. The highest BCUT2D eigenvalue weighted by atomic mass is 35.5. The van der Waals surface area contributed by atoms with Crippen LogP contribution in [0.25, 0.3) is 0 Å². The first kappa shape index (κ1) is 16.6. The highest BCUT2D eigenvalue weighted by Crippen LogP contribution is 2.18. The van der Waals surface area contributed by atoms with Crippen molar-refractivity contribution in [3.8, 4) is 0 Å². The summed E-state index contributed by atoms with van der Waals surface area (Å²) in [6, 6.07) is 3.52. The highest BCUT2D eigenvalue weighted by Gasteiger charge is 2.22. The van der Waals surface area contributed by atoms with E-state index in [0.29, 0.717) is 13.2 Å². The summed E-state index contributed by atoms with van der Waals surface area (Å²) in [5, 5.41) is 0.160. The maximum atomic E-state index is 13.7. The fourth-order valence-corrected chi connectivity index (χ4v) is 3.49. The molecule has 1 N–H and O–H groups in total. The van der Waals surface area contributed by atoms with Crippen LogP contribution in [0.15, 0.2) is 23.1 Å². The standard InChI is InChI=1S/C13H18ClFN2O3S/c1-10(17-4-6-20-7-5-17)9-16-21(18,19)13-3-2-11(14)8-12(13)15/h2-3,8,10,16H,4-7,9H2,1H3. The molecule has 118 valence electrons. The van der Waals surface area contributed by atoms with Crippen LogP contribution in [0.2, 0.25) is 5.02 Å². The summed E-state index contributed by atoms with van der Waals surface area (Å²) in [5.41, 5.74) is 0. The van der Waals surface area contributed by atoms with Crippen LogP contribution in [0.4, 0.5) is 4.39 Å². The number of nitrogens with zero attached hydrogens (tertiary/aromatic N) is 1. The largest absolute Gasteiger partial charge is 0.379 e. The van der Waals surface area contributed by atoms with E-state index >= 15 is 0 Å². The minimum absolute atomic E-state index is 0.0130. The first-order valence-corrected chi connectivity index (χ1v) is 8.53. The van der Waals surface area contributed by atoms with E-state index in [1.165, 1.54) is 12.1 Å². The summed E-state index contributed by atoms with van der Waals surface area (Å²) < 4.78 is 45.6. The minimum atomic E-state index is -3.88. The van der Waals surface area contributed by atoms with Crippen LogP contribution in [-0.2, 0) is 14.8 Å². The van der Waals surface area contributed by atoms with Gasteiger partial charge in [0.1, 0.15) is 10.7 Å². The summed E-state index contributed by atoms with van der Waals surface area (Å²) in [7, 11) is -3.88. The molecule has 1 aromatic carbocycles. The van der Waals surface area contributed by atoms with E-state index in [-0.39, 0.29) is 22.5 Å². The lowest BCUT2D eigenvalue weighted by atomic mass is 10.2. The third kappa shape index (κ3) is 4.37. The maximum absolute atomic E-state index is 13.7. The Morgan fingerprint density at radius 2 is 2.10 bits per heavy atom. The Kier molecular flexibility index (Phi) is 5.56. The number of morpholine rings is 1. The lowest BCUT2D eigenvalue weighted by Crippen LogP contribution is -2.47. The van der Waals surface area contributed by atoms with E-state index in [0.717, 1.165) is 19.2 Å². The molecule has 0 radical (unpaired) electrons. The fourth-order valence-electron chi connectivity index (χ4n) is 2.15. The number of hydrogen-bond donors (Lipinski definition) is 1. The Balaban J connectivity index is 2.00. The second kappa shape index (κ2) is 7.02. The molecule has 1 atom stereocenters. The average molecular weight is 337 g/mol. The van der Waals surface area contributed by atoms with Gasteiger partial charge in [-0.05, 0) is 25.1 Å². The molecule has 0 spiro atoms. The number of halogens is 2. The zero-order valence-corrected chi connectivity index (χ0v) is 13.3. The number of rotatable bonds is 5. The van der Waals surface area contributed by atoms with Gasteiger partial charge in [-0.1, -0.05) is 11.6 Å². The molecule has 1 heterocycles. The van der Waals surface area contributed by atoms with Crippen molar-refractivity contribution in [2.24, 2.45) is 0 Å². The van der Waals surface area contributed by atoms with Crippen LogP contribution in [0.1, 0.15) is 6.92 Å². The molecule has 1 fully saturated rings. The van der Waals surface area contributed by atoms with Gasteiger partial charge >= 0.3 is 0 Å². The first-order chi connectivity index (χ1) is 9.90. The van der Waals surface area contributed by atoms with E-state index in [1.807, 2.05) is 6.92 Å². The van der Waals surface area contributed by atoms with E-state index in [4.69, 9.17) is 16.3 Å². The van der Waals surface area contributed by atoms with Gasteiger partial charge in [-0.15, -0.1) is 0 Å². The van der Waals surface area contributed by atoms with Crippen molar-refractivity contribution in [2.45, 2.75) is 17.9 Å². The van der Waals surface area contributed by atoms with E-state index < -0.39 is 15.8 Å². The summed E-state index contributed by atoms with van der Waals surface area (Å²) in [6.07, 6.45) is 0. The molecule has 0 amide bonds. The van der Waals surface area contributed by atoms with Crippen molar-refractivity contribution in [3.63, 3.8) is 0 Å². The van der Waals surface area contributed by atoms with E-state index in [1.54, 1.807) is 0 Å². The quantitative estimate of drug-likeness (QED) is 0.885. The Hall–Kier alpha value is -0.730. The molecule has 5 nitrogen and oxygen atoms in total. The SMILES string of the molecule is CC(CNS(=O)(=O)c1ccc(Cl)cc1F)N1CCOCC1. The number of sulfonamides is 1. The summed E-state index contributed by atoms with van der Waals surface area (Å²) in [5.74, 6) is -0.853. The lowest BCUT2D eigenvalue weighted by Gasteiger charge is -2.32. The molecule has 2 rings (SSSR count). The maximum Gasteiger partial charge on any atom is 0.243 e. The number of ether oxygens (including phenoxy) is 1. The topological polar surface area (TPSA) is 58.6 Å². The van der Waals surface area contributed by atoms with Crippen LogP contribution < -0.4 is 4.72 Å². The molecule has 0 aliphatic carbocycles. The predicted molar refractivity (Wildman–Crippen MR) is 78.5 cm³/mol. The molecule has 1 aromatic rings. The number of benzene rings is 1. The first-order valence-electron chi connectivity index (χ1n) is 6.66. The molecular weight excluding hydrogens is 319 g/mol. The van der Waals surface area contributed by atoms with Gasteiger partial charge in [0, 0.05) is 30.7 Å². The predicted octanol–water partition coefficient (Wildman–Crippen LogP) is 1.48. The van der Waals surface area contributed by atoms with Crippen LogP contribution in [-0.4, -0.2) is 52.2 Å². The van der Waals surface area contributed by atoms with Crippen LogP contribution >= 0.6 is 11.6 Å². The summed E-state index contributed by atoms with van der Waals surface area (Å²) in [4.78, 5) is 1.74. The van der Waals surface area contributed by atoms with Gasteiger partial charge in [0.25, 0.3) is 0 Å². The Morgan fingerprint density at radius 3 is 2.71 bits per heavy atom. The molecule has 1 aliphatic rings. The molecule has 1 saturated heterocycles. The van der Waals surface area contributed by atoms with Crippen LogP contribution in [0, 0.1) is 5.82 Å². The second-order valence-corrected chi connectivity index (χ2v) is 7.10. The van der Waals surface area contributed by atoms with Gasteiger partial charge in [-0.25, -0.2) is 17.5 Å². The van der Waals surface area contributed by atoms with Gasteiger partial charge in [0.2, 0.25) is 10.0 Å². The minimum Gasteiger partial charge on any atom is -0.379 e. The van der Waals surface area contributed by atoms with Gasteiger partial charge in [0.05, 0.1) is 13.2 Å². The second-order valence-electron chi connectivity index (χ2n) is 4.92. The van der Waals surface area contributed by atoms with Gasteiger partial charge in [0.15, 0.2) is 0 Å². The van der Waals surface area contributed by atoms with Gasteiger partial charge < -0.3 is 4.74 Å². The number of nitrogens with one attached hydrogen (secondary N) is 1. The average Bonchev–Trinajstić information content (AvgIpc) is 2.45. The van der Waals surface area contributed by atoms with Crippen molar-refractivity contribution >= 4 is 21.6 Å². The van der Waals surface area contributed by atoms with E-state index in [2.05, 4.69) is 9.62 Å². The normalized spacial score (nSPS) is 18.6. The molecule has 0 saturated carbocycles. The van der Waals surface area contributed by atoms with Crippen molar-refractivity contribution in [1.29, 1.82) is 0 Å². The van der Waals surface area contributed by atoms with Crippen molar-refractivity contribution in [2.75, 3.05) is 32.8 Å². The van der Waals surface area contributed by atoms with Gasteiger partial charge in [-0.2, -0.15) is 0 Å². The summed E-state index contributed by atoms with van der Waals surface area (Å²) in [6.45, 7) is 4.94. The molecule has 1 unspecified atom stereocenters. The van der Waals surface area contributed by atoms with Crippen molar-refractivity contribution < 1.29 is 17.5 Å².